The second kappa shape index (κ2) is 4.23. The zero-order valence-electron chi connectivity index (χ0n) is 8.15. The van der Waals surface area contributed by atoms with E-state index in [4.69, 9.17) is 28.3 Å². The summed E-state index contributed by atoms with van der Waals surface area (Å²) in [5.74, 6) is -1.76. The molecule has 0 aliphatic rings. The molecule has 2 N–H and O–H groups in total. The average molecular weight is 274 g/mol. The van der Waals surface area contributed by atoms with E-state index in [9.17, 15) is 9.59 Å². The Bertz CT molecular complexity index is 647. The summed E-state index contributed by atoms with van der Waals surface area (Å²) in [7, 11) is 0. The third-order valence-electron chi connectivity index (χ3n) is 1.97. The van der Waals surface area contributed by atoms with Crippen LogP contribution in [0.1, 0.15) is 10.6 Å². The molecule has 0 saturated carbocycles. The molecule has 0 atom stereocenters. The average Bonchev–Trinajstić information content (AvgIpc) is 2.65. The normalized spacial score (nSPS) is 10.5. The van der Waals surface area contributed by atoms with Crippen molar-refractivity contribution in [2.24, 2.45) is 0 Å². The summed E-state index contributed by atoms with van der Waals surface area (Å²) in [5.41, 5.74) is -0.339. The third kappa shape index (κ3) is 2.17. The summed E-state index contributed by atoms with van der Waals surface area (Å²) in [6.07, 6.45) is 0. The lowest BCUT2D eigenvalue weighted by Crippen LogP contribution is -2.15. The highest BCUT2D eigenvalue weighted by Crippen LogP contribution is 2.23. The predicted octanol–water partition coefficient (Wildman–Crippen LogP) is 1.57. The molecule has 0 aliphatic heterocycles. The van der Waals surface area contributed by atoms with E-state index in [1.165, 1.54) is 18.2 Å². The number of hydrogen-bond acceptors (Lipinski definition) is 3. The lowest BCUT2D eigenvalue weighted by Gasteiger charge is -2.00. The van der Waals surface area contributed by atoms with E-state index >= 15 is 0 Å². The second-order valence-electron chi connectivity index (χ2n) is 3.09. The van der Waals surface area contributed by atoms with E-state index in [2.05, 4.69) is 10.1 Å². The predicted molar refractivity (Wildman–Crippen MR) is 61.2 cm³/mol. The fourth-order valence-corrected chi connectivity index (χ4v) is 1.51. The van der Waals surface area contributed by atoms with Gasteiger partial charge in [0.15, 0.2) is 0 Å². The molecule has 1 heterocycles. The van der Waals surface area contributed by atoms with Crippen molar-refractivity contribution in [1.82, 2.24) is 14.8 Å². The number of halogens is 2. The molecule has 0 bridgehead atoms. The Labute approximate surface area is 104 Å². The number of hydrogen-bond donors (Lipinski definition) is 2. The van der Waals surface area contributed by atoms with Crippen molar-refractivity contribution in [3.05, 3.63) is 44.6 Å². The van der Waals surface area contributed by atoms with Crippen LogP contribution < -0.4 is 5.69 Å². The van der Waals surface area contributed by atoms with Gasteiger partial charge in [-0.3, -0.25) is 4.98 Å². The summed E-state index contributed by atoms with van der Waals surface area (Å²) >= 11 is 11.5. The molecule has 1 aromatic heterocycles. The number of nitrogens with one attached hydrogen (secondary N) is 1. The zero-order chi connectivity index (χ0) is 12.6. The van der Waals surface area contributed by atoms with Crippen molar-refractivity contribution in [3.63, 3.8) is 0 Å². The molecule has 0 unspecified atom stereocenters. The topological polar surface area (TPSA) is 88.0 Å². The maximum Gasteiger partial charge on any atom is 0.373 e. The maximum atomic E-state index is 11.4. The van der Waals surface area contributed by atoms with Gasteiger partial charge in [-0.15, -0.1) is 5.10 Å². The Balaban J connectivity index is 2.56. The number of rotatable bonds is 2. The monoisotopic (exact) mass is 273 g/mol. The fraction of sp³-hybridized carbons (Fsp3) is 0. The van der Waals surface area contributed by atoms with Gasteiger partial charge in [0.1, 0.15) is 0 Å². The zero-order valence-corrected chi connectivity index (χ0v) is 9.66. The van der Waals surface area contributed by atoms with Crippen LogP contribution in [0.5, 0.6) is 0 Å². The highest BCUT2D eigenvalue weighted by molar-refractivity contribution is 6.42. The molecule has 8 heteroatoms. The number of aromatic nitrogens is 3. The van der Waals surface area contributed by atoms with E-state index < -0.39 is 17.5 Å². The molecule has 6 nitrogen and oxygen atoms in total. The molecule has 2 rings (SSSR count). The van der Waals surface area contributed by atoms with Gasteiger partial charge in [0, 0.05) is 0 Å². The van der Waals surface area contributed by atoms with Crippen LogP contribution in [0.3, 0.4) is 0 Å². The van der Waals surface area contributed by atoms with Crippen LogP contribution in [0.25, 0.3) is 5.69 Å². The van der Waals surface area contributed by atoms with Gasteiger partial charge in [0.25, 0.3) is 0 Å². The van der Waals surface area contributed by atoms with Crippen LogP contribution in [0, 0.1) is 0 Å². The Morgan fingerprint density at radius 3 is 2.59 bits per heavy atom. The number of carboxylic acid groups (broad SMARTS) is 1. The largest absolute Gasteiger partial charge is 0.475 e. The summed E-state index contributed by atoms with van der Waals surface area (Å²) in [4.78, 5) is 24.2. The Morgan fingerprint density at radius 2 is 2.06 bits per heavy atom. The number of carboxylic acids is 1. The van der Waals surface area contributed by atoms with Crippen LogP contribution in [0.4, 0.5) is 0 Å². The van der Waals surface area contributed by atoms with Crippen molar-refractivity contribution in [2.45, 2.75) is 0 Å². The first-order chi connectivity index (χ1) is 7.99. The van der Waals surface area contributed by atoms with Crippen molar-refractivity contribution in [2.75, 3.05) is 0 Å². The minimum absolute atomic E-state index is 0.246. The molecule has 1 aromatic carbocycles. The molecular formula is C9H5Cl2N3O3. The lowest BCUT2D eigenvalue weighted by molar-refractivity contribution is 0.0683. The van der Waals surface area contributed by atoms with Crippen molar-refractivity contribution < 1.29 is 9.90 Å². The molecular weight excluding hydrogens is 269 g/mol. The smallest absolute Gasteiger partial charge is 0.373 e. The van der Waals surface area contributed by atoms with Crippen LogP contribution in [0.2, 0.25) is 10.0 Å². The Kier molecular flexibility index (Phi) is 2.91. The second-order valence-corrected chi connectivity index (χ2v) is 3.91. The van der Waals surface area contributed by atoms with Gasteiger partial charge in [-0.1, -0.05) is 23.2 Å². The SMILES string of the molecule is O=C(O)c1nn(-c2ccc(Cl)c(Cl)c2)c(=O)[nH]1. The number of aromatic carboxylic acids is 1. The number of H-pyrrole nitrogens is 1. The van der Waals surface area contributed by atoms with Crippen LogP contribution in [0.15, 0.2) is 23.0 Å². The maximum absolute atomic E-state index is 11.4. The van der Waals surface area contributed by atoms with Crippen molar-refractivity contribution in [3.8, 4) is 5.69 Å². The molecule has 0 fully saturated rings. The van der Waals surface area contributed by atoms with Crippen molar-refractivity contribution in [1.29, 1.82) is 0 Å². The van der Waals surface area contributed by atoms with Gasteiger partial charge in [-0.25, -0.2) is 9.59 Å². The van der Waals surface area contributed by atoms with Crippen LogP contribution >= 0.6 is 23.2 Å². The van der Waals surface area contributed by atoms with Gasteiger partial charge in [0.05, 0.1) is 15.7 Å². The van der Waals surface area contributed by atoms with Crippen LogP contribution in [-0.2, 0) is 0 Å². The Hall–Kier alpha value is -1.79. The number of aromatic amines is 1. The lowest BCUT2D eigenvalue weighted by atomic mass is 10.3. The quantitative estimate of drug-likeness (QED) is 0.869. The third-order valence-corrected chi connectivity index (χ3v) is 2.71. The molecule has 88 valence electrons. The summed E-state index contributed by atoms with van der Waals surface area (Å²) in [6.45, 7) is 0. The van der Waals surface area contributed by atoms with Crippen molar-refractivity contribution >= 4 is 29.2 Å². The molecule has 0 radical (unpaired) electrons. The first-order valence-electron chi connectivity index (χ1n) is 4.37. The summed E-state index contributed by atoms with van der Waals surface area (Å²) in [6, 6.07) is 4.40. The highest BCUT2D eigenvalue weighted by atomic mass is 35.5. The summed E-state index contributed by atoms with van der Waals surface area (Å²) < 4.78 is 0.895. The first kappa shape index (κ1) is 11.7. The van der Waals surface area contributed by atoms with Gasteiger partial charge in [-0.05, 0) is 18.2 Å². The van der Waals surface area contributed by atoms with E-state index in [0.717, 1.165) is 4.68 Å². The van der Waals surface area contributed by atoms with E-state index in [1.807, 2.05) is 0 Å². The standard InChI is InChI=1S/C9H5Cl2N3O3/c10-5-2-1-4(3-6(5)11)14-9(17)12-7(13-14)8(15)16/h1-3H,(H,15,16)(H,12,13,17). The molecule has 2 aromatic rings. The van der Waals surface area contributed by atoms with Gasteiger partial charge < -0.3 is 5.11 Å². The first-order valence-corrected chi connectivity index (χ1v) is 5.12. The minimum Gasteiger partial charge on any atom is -0.475 e. The number of carbonyl (C=O) groups is 1. The highest BCUT2D eigenvalue weighted by Gasteiger charge is 2.13. The Morgan fingerprint density at radius 1 is 1.35 bits per heavy atom. The van der Waals surface area contributed by atoms with Crippen LogP contribution in [-0.4, -0.2) is 25.8 Å². The molecule has 0 saturated heterocycles. The van der Waals surface area contributed by atoms with Gasteiger partial charge >= 0.3 is 11.7 Å². The molecule has 0 spiro atoms. The van der Waals surface area contributed by atoms with E-state index in [0.29, 0.717) is 10.7 Å². The van der Waals surface area contributed by atoms with Gasteiger partial charge in [0.2, 0.25) is 5.82 Å². The molecule has 0 amide bonds. The van der Waals surface area contributed by atoms with Gasteiger partial charge in [-0.2, -0.15) is 4.68 Å². The molecule has 0 aliphatic carbocycles. The number of benzene rings is 1. The summed E-state index contributed by atoms with van der Waals surface area (Å²) in [5, 5.41) is 12.8. The van der Waals surface area contributed by atoms with E-state index in [-0.39, 0.29) is 5.02 Å². The fourth-order valence-electron chi connectivity index (χ4n) is 1.21. The number of nitrogens with zero attached hydrogens (tertiary/aromatic N) is 2. The minimum atomic E-state index is -1.32. The van der Waals surface area contributed by atoms with E-state index in [1.54, 1.807) is 0 Å². The molecule has 17 heavy (non-hydrogen) atoms.